The molecule has 1 N–H and O–H groups in total. The van der Waals surface area contributed by atoms with Crippen molar-refractivity contribution in [3.63, 3.8) is 0 Å². The van der Waals surface area contributed by atoms with Crippen LogP contribution in [-0.2, 0) is 19.5 Å². The van der Waals surface area contributed by atoms with E-state index in [-0.39, 0.29) is 0 Å². The van der Waals surface area contributed by atoms with Crippen molar-refractivity contribution in [2.75, 3.05) is 26.2 Å². The van der Waals surface area contributed by atoms with Gasteiger partial charge in [0.15, 0.2) is 0 Å². The largest absolute Gasteiger partial charge is 0.317 e. The molecule has 0 unspecified atom stereocenters. The van der Waals surface area contributed by atoms with Gasteiger partial charge in [0, 0.05) is 19.6 Å². The number of rotatable bonds is 8. The zero-order valence-electron chi connectivity index (χ0n) is 14.1. The van der Waals surface area contributed by atoms with Crippen molar-refractivity contribution in [2.24, 2.45) is 5.92 Å². The van der Waals surface area contributed by atoms with Crippen molar-refractivity contribution in [1.82, 2.24) is 20.0 Å². The van der Waals surface area contributed by atoms with Crippen LogP contribution in [0.5, 0.6) is 0 Å². The summed E-state index contributed by atoms with van der Waals surface area (Å²) in [5.74, 6) is 0.862. The summed E-state index contributed by atoms with van der Waals surface area (Å²) in [4.78, 5) is 2.64. The summed E-state index contributed by atoms with van der Waals surface area (Å²) in [6.45, 7) is 13.5. The van der Waals surface area contributed by atoms with Crippen LogP contribution in [0.15, 0.2) is 6.07 Å². The van der Waals surface area contributed by atoms with Crippen molar-refractivity contribution in [3.8, 4) is 0 Å². The molecule has 4 nitrogen and oxygen atoms in total. The van der Waals surface area contributed by atoms with Gasteiger partial charge in [0.05, 0.1) is 11.4 Å². The summed E-state index contributed by atoms with van der Waals surface area (Å²) >= 11 is 0. The zero-order valence-corrected chi connectivity index (χ0v) is 14.1. The molecule has 4 heteroatoms. The quantitative estimate of drug-likeness (QED) is 0.799. The molecular formula is C17H32N4. The van der Waals surface area contributed by atoms with Gasteiger partial charge in [-0.15, -0.1) is 0 Å². The fourth-order valence-corrected chi connectivity index (χ4v) is 3.30. The lowest BCUT2D eigenvalue weighted by molar-refractivity contribution is 0.194. The van der Waals surface area contributed by atoms with E-state index < -0.39 is 0 Å². The molecule has 0 atom stereocenters. The fraction of sp³-hybridized carbons (Fsp3) is 0.824. The highest BCUT2D eigenvalue weighted by Crippen LogP contribution is 2.16. The van der Waals surface area contributed by atoms with Gasteiger partial charge >= 0.3 is 0 Å². The topological polar surface area (TPSA) is 33.1 Å². The van der Waals surface area contributed by atoms with E-state index in [0.29, 0.717) is 0 Å². The Bertz CT molecular complexity index is 407. The highest BCUT2D eigenvalue weighted by Gasteiger charge is 2.18. The lowest BCUT2D eigenvalue weighted by Crippen LogP contribution is -2.36. The normalized spacial score (nSPS) is 16.8. The van der Waals surface area contributed by atoms with Crippen LogP contribution < -0.4 is 5.32 Å². The Morgan fingerprint density at radius 1 is 1.29 bits per heavy atom. The lowest BCUT2D eigenvalue weighted by atomic mass is 9.97. The van der Waals surface area contributed by atoms with Gasteiger partial charge in [0.2, 0.25) is 0 Å². The van der Waals surface area contributed by atoms with Crippen LogP contribution in [-0.4, -0.2) is 40.9 Å². The molecule has 2 heterocycles. The third-order valence-corrected chi connectivity index (χ3v) is 4.48. The van der Waals surface area contributed by atoms with E-state index >= 15 is 0 Å². The van der Waals surface area contributed by atoms with Gasteiger partial charge < -0.3 is 5.32 Å². The first-order valence-electron chi connectivity index (χ1n) is 8.75. The van der Waals surface area contributed by atoms with Gasteiger partial charge in [-0.3, -0.25) is 9.58 Å². The van der Waals surface area contributed by atoms with Crippen molar-refractivity contribution in [1.29, 1.82) is 0 Å². The molecule has 0 aromatic carbocycles. The minimum atomic E-state index is 0.862. The Labute approximate surface area is 129 Å². The predicted molar refractivity (Wildman–Crippen MR) is 88.4 cm³/mol. The van der Waals surface area contributed by atoms with Gasteiger partial charge in [-0.25, -0.2) is 0 Å². The van der Waals surface area contributed by atoms with Crippen LogP contribution in [0.4, 0.5) is 0 Å². The Kier molecular flexibility index (Phi) is 6.71. The highest BCUT2D eigenvalue weighted by atomic mass is 15.3. The molecule has 0 amide bonds. The number of hydrogen-bond acceptors (Lipinski definition) is 3. The molecule has 0 saturated carbocycles. The average molecular weight is 292 g/mol. The van der Waals surface area contributed by atoms with E-state index in [1.54, 1.807) is 0 Å². The number of aryl methyl sites for hydroxylation is 2. The van der Waals surface area contributed by atoms with E-state index in [9.17, 15) is 0 Å². The average Bonchev–Trinajstić information content (AvgIpc) is 2.90. The summed E-state index contributed by atoms with van der Waals surface area (Å²) < 4.78 is 2.18. The minimum Gasteiger partial charge on any atom is -0.317 e. The highest BCUT2D eigenvalue weighted by molar-refractivity contribution is 5.10. The molecule has 120 valence electrons. The molecule has 1 aromatic heterocycles. The van der Waals surface area contributed by atoms with Gasteiger partial charge in [0.1, 0.15) is 0 Å². The smallest absolute Gasteiger partial charge is 0.0625 e. The van der Waals surface area contributed by atoms with E-state index in [4.69, 9.17) is 0 Å². The van der Waals surface area contributed by atoms with Crippen molar-refractivity contribution in [3.05, 3.63) is 17.5 Å². The lowest BCUT2D eigenvalue weighted by Gasteiger charge is -2.30. The molecule has 0 bridgehead atoms. The first-order chi connectivity index (χ1) is 10.3. The standard InChI is InChI=1S/C17H32N4/c1-4-11-20(13-15-7-9-18-10-8-15)14-17-12-16(5-2)19-21(17)6-3/h12,15,18H,4-11,13-14H2,1-3H3. The van der Waals surface area contributed by atoms with Crippen LogP contribution in [0.25, 0.3) is 0 Å². The molecule has 1 aliphatic rings. The molecular weight excluding hydrogens is 260 g/mol. The zero-order chi connectivity index (χ0) is 15.1. The number of nitrogens with one attached hydrogen (secondary N) is 1. The third kappa shape index (κ3) is 4.82. The maximum Gasteiger partial charge on any atom is 0.0625 e. The van der Waals surface area contributed by atoms with Crippen LogP contribution in [0.1, 0.15) is 51.4 Å². The molecule has 0 aliphatic carbocycles. The fourth-order valence-electron chi connectivity index (χ4n) is 3.30. The SMILES string of the molecule is CCCN(Cc1cc(CC)nn1CC)CC1CCNCC1. The second kappa shape index (κ2) is 8.54. The summed E-state index contributed by atoms with van der Waals surface area (Å²) in [7, 11) is 0. The van der Waals surface area contributed by atoms with Gasteiger partial charge in [-0.05, 0) is 64.2 Å². The maximum atomic E-state index is 4.69. The molecule has 2 rings (SSSR count). The molecule has 0 radical (unpaired) electrons. The van der Waals surface area contributed by atoms with Crippen molar-refractivity contribution >= 4 is 0 Å². The molecule has 0 spiro atoms. The second-order valence-electron chi connectivity index (χ2n) is 6.22. The molecule has 1 fully saturated rings. The minimum absolute atomic E-state index is 0.862. The van der Waals surface area contributed by atoms with Gasteiger partial charge in [-0.2, -0.15) is 5.10 Å². The number of nitrogens with zero attached hydrogens (tertiary/aromatic N) is 3. The van der Waals surface area contributed by atoms with Crippen LogP contribution in [0.2, 0.25) is 0 Å². The first kappa shape index (κ1) is 16.5. The van der Waals surface area contributed by atoms with Crippen LogP contribution in [0, 0.1) is 5.92 Å². The Balaban J connectivity index is 1.99. The second-order valence-corrected chi connectivity index (χ2v) is 6.22. The summed E-state index contributed by atoms with van der Waals surface area (Å²) in [6, 6.07) is 2.30. The van der Waals surface area contributed by atoms with Gasteiger partial charge in [0.25, 0.3) is 0 Å². The number of piperidine rings is 1. The van der Waals surface area contributed by atoms with E-state index in [1.165, 1.54) is 56.8 Å². The molecule has 1 aromatic rings. The molecule has 1 aliphatic heterocycles. The van der Waals surface area contributed by atoms with E-state index in [2.05, 4.69) is 46.8 Å². The predicted octanol–water partition coefficient (Wildman–Crippen LogP) is 2.68. The summed E-state index contributed by atoms with van der Waals surface area (Å²) in [5.41, 5.74) is 2.61. The Morgan fingerprint density at radius 3 is 2.67 bits per heavy atom. The van der Waals surface area contributed by atoms with Crippen molar-refractivity contribution in [2.45, 2.75) is 59.5 Å². The summed E-state index contributed by atoms with van der Waals surface area (Å²) in [6.07, 6.45) is 4.91. The van der Waals surface area contributed by atoms with Gasteiger partial charge in [-0.1, -0.05) is 13.8 Å². The summed E-state index contributed by atoms with van der Waals surface area (Å²) in [5, 5.41) is 8.15. The van der Waals surface area contributed by atoms with Crippen LogP contribution in [0.3, 0.4) is 0 Å². The van der Waals surface area contributed by atoms with Crippen LogP contribution >= 0.6 is 0 Å². The number of hydrogen-bond donors (Lipinski definition) is 1. The number of aromatic nitrogens is 2. The Hall–Kier alpha value is -0.870. The molecule has 1 saturated heterocycles. The first-order valence-corrected chi connectivity index (χ1v) is 8.75. The Morgan fingerprint density at radius 2 is 2.05 bits per heavy atom. The third-order valence-electron chi connectivity index (χ3n) is 4.48. The molecule has 21 heavy (non-hydrogen) atoms. The monoisotopic (exact) mass is 292 g/mol. The van der Waals surface area contributed by atoms with Crippen molar-refractivity contribution < 1.29 is 0 Å². The van der Waals surface area contributed by atoms with E-state index in [1.807, 2.05) is 0 Å². The maximum absolute atomic E-state index is 4.69. The van der Waals surface area contributed by atoms with E-state index in [0.717, 1.165) is 25.4 Å².